The summed E-state index contributed by atoms with van der Waals surface area (Å²) >= 11 is 1.89. The van der Waals surface area contributed by atoms with Crippen LogP contribution in [-0.2, 0) is 15.3 Å². The molecule has 0 aliphatic carbocycles. The molecular weight excluding hydrogens is 288 g/mol. The van der Waals surface area contributed by atoms with Gasteiger partial charge in [0.1, 0.15) is 5.75 Å². The van der Waals surface area contributed by atoms with E-state index in [1.807, 2.05) is 30.0 Å². The summed E-state index contributed by atoms with van der Waals surface area (Å²) in [5.74, 6) is 0.601. The van der Waals surface area contributed by atoms with Crippen molar-refractivity contribution in [2.75, 3.05) is 13.7 Å². The quantitative estimate of drug-likeness (QED) is 0.818. The standard InChI is InChI=1S/C16H20O4S/c1-11-15(7-8-20-11)21-10-12-3-5-14(19-2)13(9-12)4-6-16(17)18/h3-6,9,11,15H,7-8,10H2,1-2H3,(H,17,18)/b6-4+. The minimum Gasteiger partial charge on any atom is -0.496 e. The second kappa shape index (κ2) is 7.52. The van der Waals surface area contributed by atoms with E-state index < -0.39 is 5.97 Å². The van der Waals surface area contributed by atoms with Crippen LogP contribution in [0.5, 0.6) is 5.75 Å². The highest BCUT2D eigenvalue weighted by Crippen LogP contribution is 2.30. The molecule has 2 atom stereocenters. The first-order chi connectivity index (χ1) is 10.1. The minimum atomic E-state index is -0.964. The molecule has 1 N–H and O–H groups in total. The lowest BCUT2D eigenvalue weighted by molar-refractivity contribution is -0.131. The van der Waals surface area contributed by atoms with E-state index in [9.17, 15) is 4.79 Å². The van der Waals surface area contributed by atoms with Crippen molar-refractivity contribution in [2.45, 2.75) is 30.5 Å². The van der Waals surface area contributed by atoms with Crippen LogP contribution in [0.25, 0.3) is 6.08 Å². The molecule has 2 rings (SSSR count). The Bertz CT molecular complexity index is 527. The molecule has 5 heteroatoms. The van der Waals surface area contributed by atoms with Crippen molar-refractivity contribution in [1.82, 2.24) is 0 Å². The zero-order valence-electron chi connectivity index (χ0n) is 12.2. The van der Waals surface area contributed by atoms with E-state index in [0.717, 1.165) is 36.0 Å². The first kappa shape index (κ1) is 15.9. The fourth-order valence-corrected chi connectivity index (χ4v) is 3.50. The third-order valence-corrected chi connectivity index (χ3v) is 5.02. The number of ether oxygens (including phenoxy) is 2. The van der Waals surface area contributed by atoms with Gasteiger partial charge >= 0.3 is 5.97 Å². The third kappa shape index (κ3) is 4.51. The maximum Gasteiger partial charge on any atom is 0.328 e. The third-order valence-electron chi connectivity index (χ3n) is 3.47. The Morgan fingerprint density at radius 2 is 2.38 bits per heavy atom. The van der Waals surface area contributed by atoms with Crippen LogP contribution in [0.15, 0.2) is 24.3 Å². The predicted molar refractivity (Wildman–Crippen MR) is 84.8 cm³/mol. The summed E-state index contributed by atoms with van der Waals surface area (Å²) < 4.78 is 10.8. The lowest BCUT2D eigenvalue weighted by Crippen LogP contribution is -2.13. The second-order valence-corrected chi connectivity index (χ2v) is 6.19. The largest absolute Gasteiger partial charge is 0.496 e. The minimum absolute atomic E-state index is 0.305. The van der Waals surface area contributed by atoms with Gasteiger partial charge in [-0.3, -0.25) is 0 Å². The molecule has 4 nitrogen and oxygen atoms in total. The molecule has 1 aliphatic rings. The van der Waals surface area contributed by atoms with Crippen LogP contribution in [0.1, 0.15) is 24.5 Å². The SMILES string of the molecule is COc1ccc(CSC2CCOC2C)cc1/C=C/C(=O)O. The normalized spacial score (nSPS) is 21.8. The van der Waals surface area contributed by atoms with E-state index in [0.29, 0.717) is 17.1 Å². The van der Waals surface area contributed by atoms with Crippen molar-refractivity contribution in [3.63, 3.8) is 0 Å². The summed E-state index contributed by atoms with van der Waals surface area (Å²) in [7, 11) is 1.58. The summed E-state index contributed by atoms with van der Waals surface area (Å²) in [6, 6.07) is 5.88. The molecule has 114 valence electrons. The van der Waals surface area contributed by atoms with Crippen LogP contribution in [0, 0.1) is 0 Å². The van der Waals surface area contributed by atoms with Crippen LogP contribution < -0.4 is 4.74 Å². The average molecular weight is 308 g/mol. The number of carbonyl (C=O) groups is 1. The van der Waals surface area contributed by atoms with Crippen LogP contribution in [0.4, 0.5) is 0 Å². The fourth-order valence-electron chi connectivity index (χ4n) is 2.30. The van der Waals surface area contributed by atoms with Gasteiger partial charge in [-0.05, 0) is 37.1 Å². The molecule has 1 aliphatic heterocycles. The predicted octanol–water partition coefficient (Wildman–Crippen LogP) is 3.20. The molecule has 0 aromatic heterocycles. The van der Waals surface area contributed by atoms with Gasteiger partial charge in [0.15, 0.2) is 0 Å². The summed E-state index contributed by atoms with van der Waals surface area (Å²) in [5, 5.41) is 9.27. The van der Waals surface area contributed by atoms with Crippen LogP contribution >= 0.6 is 11.8 Å². The Kier molecular flexibility index (Phi) is 5.70. The maximum atomic E-state index is 10.6. The van der Waals surface area contributed by atoms with Gasteiger partial charge in [0, 0.05) is 29.2 Å². The number of hydrogen-bond donors (Lipinski definition) is 1. The smallest absolute Gasteiger partial charge is 0.328 e. The van der Waals surface area contributed by atoms with E-state index in [1.54, 1.807) is 13.2 Å². The van der Waals surface area contributed by atoms with Gasteiger partial charge in [-0.1, -0.05) is 6.07 Å². The summed E-state index contributed by atoms with van der Waals surface area (Å²) in [6.07, 6.45) is 4.09. The summed E-state index contributed by atoms with van der Waals surface area (Å²) in [4.78, 5) is 10.6. The number of hydrogen-bond acceptors (Lipinski definition) is 4. The molecule has 2 unspecified atom stereocenters. The highest BCUT2D eigenvalue weighted by Gasteiger charge is 2.24. The van der Waals surface area contributed by atoms with Gasteiger partial charge in [-0.25, -0.2) is 4.79 Å². The van der Waals surface area contributed by atoms with Crippen LogP contribution in [0.2, 0.25) is 0 Å². The van der Waals surface area contributed by atoms with Gasteiger partial charge < -0.3 is 14.6 Å². The van der Waals surface area contributed by atoms with Crippen molar-refractivity contribution >= 4 is 23.8 Å². The van der Waals surface area contributed by atoms with E-state index in [4.69, 9.17) is 14.6 Å². The van der Waals surface area contributed by atoms with E-state index in [2.05, 4.69) is 6.92 Å². The Balaban J connectivity index is 2.06. The topological polar surface area (TPSA) is 55.8 Å². The highest BCUT2D eigenvalue weighted by atomic mass is 32.2. The monoisotopic (exact) mass is 308 g/mol. The van der Waals surface area contributed by atoms with E-state index in [1.165, 1.54) is 0 Å². The van der Waals surface area contributed by atoms with Gasteiger partial charge in [0.05, 0.1) is 13.2 Å². The number of methoxy groups -OCH3 is 1. The van der Waals surface area contributed by atoms with E-state index in [-0.39, 0.29) is 0 Å². The Morgan fingerprint density at radius 1 is 1.57 bits per heavy atom. The zero-order chi connectivity index (χ0) is 15.2. The van der Waals surface area contributed by atoms with E-state index >= 15 is 0 Å². The lowest BCUT2D eigenvalue weighted by Gasteiger charge is -2.14. The molecule has 1 heterocycles. The van der Waals surface area contributed by atoms with Crippen molar-refractivity contribution < 1.29 is 19.4 Å². The number of thioether (sulfide) groups is 1. The van der Waals surface area contributed by atoms with Gasteiger partial charge in [0.25, 0.3) is 0 Å². The number of aliphatic carboxylic acids is 1. The number of carboxylic acid groups (broad SMARTS) is 1. The second-order valence-electron chi connectivity index (χ2n) is 4.96. The molecule has 1 saturated heterocycles. The van der Waals surface area contributed by atoms with Crippen molar-refractivity contribution in [2.24, 2.45) is 0 Å². The van der Waals surface area contributed by atoms with Gasteiger partial charge in [-0.2, -0.15) is 11.8 Å². The number of rotatable bonds is 6. The van der Waals surface area contributed by atoms with Crippen LogP contribution in [0.3, 0.4) is 0 Å². The summed E-state index contributed by atoms with van der Waals surface area (Å²) in [6.45, 7) is 2.95. The molecule has 0 saturated carbocycles. The molecule has 1 aromatic carbocycles. The Morgan fingerprint density at radius 3 is 3.00 bits per heavy atom. The molecule has 0 radical (unpaired) electrons. The molecule has 21 heavy (non-hydrogen) atoms. The van der Waals surface area contributed by atoms with Gasteiger partial charge in [-0.15, -0.1) is 0 Å². The van der Waals surface area contributed by atoms with Gasteiger partial charge in [0.2, 0.25) is 0 Å². The molecule has 0 amide bonds. The first-order valence-corrected chi connectivity index (χ1v) is 7.96. The van der Waals surface area contributed by atoms with Crippen LogP contribution in [-0.4, -0.2) is 36.1 Å². The molecule has 1 aromatic rings. The van der Waals surface area contributed by atoms with Crippen molar-refractivity contribution in [3.05, 3.63) is 35.4 Å². The van der Waals surface area contributed by atoms with Crippen molar-refractivity contribution in [3.8, 4) is 5.75 Å². The zero-order valence-corrected chi connectivity index (χ0v) is 13.1. The molecule has 0 spiro atoms. The Hall–Kier alpha value is -1.46. The number of benzene rings is 1. The van der Waals surface area contributed by atoms with Crippen molar-refractivity contribution in [1.29, 1.82) is 0 Å². The fraction of sp³-hybridized carbons (Fsp3) is 0.438. The average Bonchev–Trinajstić information content (AvgIpc) is 2.88. The molecular formula is C16H20O4S. The summed E-state index contributed by atoms with van der Waals surface area (Å²) in [5.41, 5.74) is 1.94. The number of carboxylic acids is 1. The molecule has 1 fully saturated rings. The molecule has 0 bridgehead atoms. The highest BCUT2D eigenvalue weighted by molar-refractivity contribution is 7.99. The Labute approximate surface area is 129 Å². The first-order valence-electron chi connectivity index (χ1n) is 6.91. The lowest BCUT2D eigenvalue weighted by atomic mass is 10.1. The maximum absolute atomic E-state index is 10.6.